The molecule has 1 saturated heterocycles. The van der Waals surface area contributed by atoms with Gasteiger partial charge in [-0.1, -0.05) is 19.9 Å². The van der Waals surface area contributed by atoms with Gasteiger partial charge < -0.3 is 9.64 Å². The smallest absolute Gasteiger partial charge is 0.328 e. The zero-order chi connectivity index (χ0) is 15.4. The predicted octanol–water partition coefficient (Wildman–Crippen LogP) is 2.63. The molecule has 5 heteroatoms. The van der Waals surface area contributed by atoms with Gasteiger partial charge in [-0.2, -0.15) is 0 Å². The third kappa shape index (κ3) is 3.80. The Morgan fingerprint density at radius 2 is 2.19 bits per heavy atom. The quantitative estimate of drug-likeness (QED) is 0.802. The highest BCUT2D eigenvalue weighted by atomic mass is 19.1. The van der Waals surface area contributed by atoms with Gasteiger partial charge in [0.2, 0.25) is 0 Å². The van der Waals surface area contributed by atoms with Gasteiger partial charge in [-0.05, 0) is 37.0 Å². The lowest BCUT2D eigenvalue weighted by Crippen LogP contribution is -2.41. The van der Waals surface area contributed by atoms with Gasteiger partial charge in [0, 0.05) is 12.1 Å². The van der Waals surface area contributed by atoms with Crippen molar-refractivity contribution in [3.05, 3.63) is 35.6 Å². The molecule has 1 fully saturated rings. The first-order chi connectivity index (χ1) is 9.99. The van der Waals surface area contributed by atoms with Gasteiger partial charge in [0.1, 0.15) is 11.9 Å². The van der Waals surface area contributed by atoms with Crippen LogP contribution in [0.2, 0.25) is 0 Å². The van der Waals surface area contributed by atoms with Crippen molar-refractivity contribution in [2.75, 3.05) is 13.2 Å². The van der Waals surface area contributed by atoms with E-state index >= 15 is 0 Å². The van der Waals surface area contributed by atoms with E-state index in [-0.39, 0.29) is 23.4 Å². The number of carbonyl (C=O) groups is 2. The minimum absolute atomic E-state index is 0.253. The van der Waals surface area contributed by atoms with Crippen molar-refractivity contribution in [3.63, 3.8) is 0 Å². The Morgan fingerprint density at radius 3 is 2.86 bits per heavy atom. The van der Waals surface area contributed by atoms with E-state index in [0.29, 0.717) is 19.6 Å². The third-order valence-electron chi connectivity index (χ3n) is 3.42. The largest absolute Gasteiger partial charge is 0.464 e. The van der Waals surface area contributed by atoms with Crippen LogP contribution in [0.15, 0.2) is 24.3 Å². The summed E-state index contributed by atoms with van der Waals surface area (Å²) in [6, 6.07) is 4.97. The lowest BCUT2D eigenvalue weighted by molar-refractivity contribution is -0.149. The molecule has 1 unspecified atom stereocenters. The highest BCUT2D eigenvalue weighted by molar-refractivity contribution is 5.97. The van der Waals surface area contributed by atoms with Gasteiger partial charge in [-0.3, -0.25) is 4.79 Å². The summed E-state index contributed by atoms with van der Waals surface area (Å²) >= 11 is 0. The predicted molar refractivity (Wildman–Crippen MR) is 76.3 cm³/mol. The topological polar surface area (TPSA) is 46.6 Å². The van der Waals surface area contributed by atoms with Gasteiger partial charge in [0.05, 0.1) is 6.61 Å². The van der Waals surface area contributed by atoms with Crippen molar-refractivity contribution in [3.8, 4) is 0 Å². The minimum atomic E-state index is -0.556. The highest BCUT2D eigenvalue weighted by Gasteiger charge is 2.35. The van der Waals surface area contributed by atoms with Gasteiger partial charge in [-0.15, -0.1) is 0 Å². The highest BCUT2D eigenvalue weighted by Crippen LogP contribution is 2.21. The summed E-state index contributed by atoms with van der Waals surface area (Å²) < 4.78 is 18.4. The Kier molecular flexibility index (Phi) is 4.94. The summed E-state index contributed by atoms with van der Waals surface area (Å²) in [7, 11) is 0. The zero-order valence-corrected chi connectivity index (χ0v) is 12.3. The van der Waals surface area contributed by atoms with Crippen LogP contribution in [0.5, 0.6) is 0 Å². The first kappa shape index (κ1) is 15.5. The van der Waals surface area contributed by atoms with Crippen LogP contribution >= 0.6 is 0 Å². The van der Waals surface area contributed by atoms with Crippen molar-refractivity contribution < 1.29 is 18.7 Å². The van der Waals surface area contributed by atoms with Gasteiger partial charge in [-0.25, -0.2) is 9.18 Å². The molecule has 114 valence electrons. The number of hydrogen-bond donors (Lipinski definition) is 0. The Bertz CT molecular complexity index is 530. The van der Waals surface area contributed by atoms with E-state index in [4.69, 9.17) is 4.74 Å². The standard InChI is InChI=1S/C16H20FNO3/c1-11(2)10-21-16(20)14-7-4-8-18(14)15(19)12-5-3-6-13(17)9-12/h3,5-6,9,11,14H,4,7-8,10H2,1-2H3. The van der Waals surface area contributed by atoms with Crippen molar-refractivity contribution >= 4 is 11.9 Å². The lowest BCUT2D eigenvalue weighted by Gasteiger charge is -2.23. The van der Waals surface area contributed by atoms with E-state index in [2.05, 4.69) is 0 Å². The van der Waals surface area contributed by atoms with Crippen LogP contribution in [-0.2, 0) is 9.53 Å². The molecule has 1 aliphatic heterocycles. The lowest BCUT2D eigenvalue weighted by atomic mass is 10.1. The van der Waals surface area contributed by atoms with E-state index in [1.807, 2.05) is 13.8 Å². The van der Waals surface area contributed by atoms with Crippen LogP contribution in [0.1, 0.15) is 37.0 Å². The van der Waals surface area contributed by atoms with Gasteiger partial charge in [0.25, 0.3) is 5.91 Å². The van der Waals surface area contributed by atoms with E-state index in [1.165, 1.54) is 23.1 Å². The number of ether oxygens (including phenoxy) is 1. The molecule has 1 amide bonds. The molecule has 1 atom stereocenters. The second kappa shape index (κ2) is 6.70. The summed E-state index contributed by atoms with van der Waals surface area (Å²) in [6.07, 6.45) is 1.35. The maximum atomic E-state index is 13.2. The summed E-state index contributed by atoms with van der Waals surface area (Å²) in [6.45, 7) is 4.75. The van der Waals surface area contributed by atoms with Crippen LogP contribution in [0.3, 0.4) is 0 Å². The summed E-state index contributed by atoms with van der Waals surface area (Å²) in [5.74, 6) is -0.897. The molecule has 0 saturated carbocycles. The first-order valence-corrected chi connectivity index (χ1v) is 7.22. The van der Waals surface area contributed by atoms with Crippen LogP contribution < -0.4 is 0 Å². The summed E-state index contributed by atoms with van der Waals surface area (Å²) in [5, 5.41) is 0. The number of likely N-dealkylation sites (tertiary alicyclic amines) is 1. The molecule has 2 rings (SSSR count). The number of carbonyl (C=O) groups excluding carboxylic acids is 2. The fourth-order valence-corrected chi connectivity index (χ4v) is 2.39. The summed E-state index contributed by atoms with van der Waals surface area (Å²) in [4.78, 5) is 26.0. The Balaban J connectivity index is 2.07. The maximum absolute atomic E-state index is 13.2. The number of rotatable bonds is 4. The van der Waals surface area contributed by atoms with Gasteiger partial charge in [0.15, 0.2) is 0 Å². The molecule has 0 bridgehead atoms. The summed E-state index contributed by atoms with van der Waals surface area (Å²) in [5.41, 5.74) is 0.263. The normalized spacial score (nSPS) is 18.1. The molecule has 0 aliphatic carbocycles. The molecule has 1 heterocycles. The molecular formula is C16H20FNO3. The van der Waals surface area contributed by atoms with E-state index in [9.17, 15) is 14.0 Å². The molecule has 1 aromatic rings. The molecule has 0 spiro atoms. The Labute approximate surface area is 123 Å². The van der Waals surface area contributed by atoms with Crippen molar-refractivity contribution in [2.45, 2.75) is 32.7 Å². The number of esters is 1. The minimum Gasteiger partial charge on any atom is -0.464 e. The maximum Gasteiger partial charge on any atom is 0.328 e. The molecule has 0 N–H and O–H groups in total. The Morgan fingerprint density at radius 1 is 1.43 bits per heavy atom. The molecule has 0 aromatic heterocycles. The number of hydrogen-bond acceptors (Lipinski definition) is 3. The van der Waals surface area contributed by atoms with Crippen LogP contribution in [-0.4, -0.2) is 36.0 Å². The number of nitrogens with zero attached hydrogens (tertiary/aromatic N) is 1. The Hall–Kier alpha value is -1.91. The van der Waals surface area contributed by atoms with Gasteiger partial charge >= 0.3 is 5.97 Å². The molecule has 0 radical (unpaired) electrons. The first-order valence-electron chi connectivity index (χ1n) is 7.22. The molecule has 21 heavy (non-hydrogen) atoms. The van der Waals surface area contributed by atoms with Crippen molar-refractivity contribution in [2.24, 2.45) is 5.92 Å². The number of benzene rings is 1. The van der Waals surface area contributed by atoms with E-state index in [1.54, 1.807) is 6.07 Å². The fourth-order valence-electron chi connectivity index (χ4n) is 2.39. The second-order valence-electron chi connectivity index (χ2n) is 5.69. The van der Waals surface area contributed by atoms with E-state index in [0.717, 1.165) is 6.42 Å². The van der Waals surface area contributed by atoms with Crippen molar-refractivity contribution in [1.29, 1.82) is 0 Å². The third-order valence-corrected chi connectivity index (χ3v) is 3.42. The number of amides is 1. The molecule has 1 aliphatic rings. The SMILES string of the molecule is CC(C)COC(=O)C1CCCN1C(=O)c1cccc(F)c1. The molecular weight excluding hydrogens is 273 g/mol. The molecule has 4 nitrogen and oxygen atoms in total. The van der Waals surface area contributed by atoms with Crippen molar-refractivity contribution in [1.82, 2.24) is 4.90 Å². The van der Waals surface area contributed by atoms with Crippen LogP contribution in [0, 0.1) is 11.7 Å². The average molecular weight is 293 g/mol. The fraction of sp³-hybridized carbons (Fsp3) is 0.500. The van der Waals surface area contributed by atoms with Crippen LogP contribution in [0.4, 0.5) is 4.39 Å². The van der Waals surface area contributed by atoms with Crippen LogP contribution in [0.25, 0.3) is 0 Å². The second-order valence-corrected chi connectivity index (χ2v) is 5.69. The zero-order valence-electron chi connectivity index (χ0n) is 12.3. The monoisotopic (exact) mass is 293 g/mol. The van der Waals surface area contributed by atoms with E-state index < -0.39 is 11.9 Å². The molecule has 1 aromatic carbocycles. The number of halogens is 1. The average Bonchev–Trinajstić information content (AvgIpc) is 2.93.